The molecular formula is C18H28N2O. The average Bonchev–Trinajstić information content (AvgIpc) is 2.83. The molecule has 1 saturated carbocycles. The molecule has 1 aromatic carbocycles. The summed E-state index contributed by atoms with van der Waals surface area (Å²) in [6, 6.07) is 8.92. The third-order valence-corrected chi connectivity index (χ3v) is 4.81. The number of anilines is 2. The van der Waals surface area contributed by atoms with E-state index in [0.717, 1.165) is 38.8 Å². The van der Waals surface area contributed by atoms with Gasteiger partial charge in [-0.3, -0.25) is 0 Å². The molecule has 0 radical (unpaired) electrons. The van der Waals surface area contributed by atoms with Crippen LogP contribution in [0.4, 0.5) is 11.4 Å². The van der Waals surface area contributed by atoms with E-state index in [9.17, 15) is 0 Å². The highest BCUT2D eigenvalue weighted by Gasteiger charge is 2.13. The predicted molar refractivity (Wildman–Crippen MR) is 89.2 cm³/mol. The summed E-state index contributed by atoms with van der Waals surface area (Å²) >= 11 is 0. The van der Waals surface area contributed by atoms with Crippen molar-refractivity contribution in [2.24, 2.45) is 5.92 Å². The maximum absolute atomic E-state index is 5.41. The van der Waals surface area contributed by atoms with E-state index in [1.165, 1.54) is 49.9 Å². The Bertz CT molecular complexity index is 404. The predicted octanol–water partition coefficient (Wildman–Crippen LogP) is 3.91. The Morgan fingerprint density at radius 1 is 0.952 bits per heavy atom. The number of ether oxygens (including phenoxy) is 1. The molecule has 2 fully saturated rings. The van der Waals surface area contributed by atoms with Crippen LogP contribution in [0.2, 0.25) is 0 Å². The molecule has 0 bridgehead atoms. The van der Waals surface area contributed by atoms with E-state index in [1.807, 2.05) is 0 Å². The summed E-state index contributed by atoms with van der Waals surface area (Å²) in [4.78, 5) is 2.40. The van der Waals surface area contributed by atoms with Crippen LogP contribution in [0.3, 0.4) is 0 Å². The molecule has 3 nitrogen and oxygen atoms in total. The van der Waals surface area contributed by atoms with Gasteiger partial charge in [-0.25, -0.2) is 0 Å². The van der Waals surface area contributed by atoms with Gasteiger partial charge in [0.1, 0.15) is 0 Å². The maximum atomic E-state index is 5.41. The summed E-state index contributed by atoms with van der Waals surface area (Å²) < 4.78 is 5.41. The molecule has 2 aliphatic rings. The molecule has 0 amide bonds. The fourth-order valence-electron chi connectivity index (χ4n) is 3.44. The fraction of sp³-hybridized carbons (Fsp3) is 0.667. The number of hydrogen-bond acceptors (Lipinski definition) is 3. The van der Waals surface area contributed by atoms with Crippen LogP contribution in [-0.4, -0.2) is 32.8 Å². The highest BCUT2D eigenvalue weighted by molar-refractivity contribution is 5.55. The molecule has 0 unspecified atom stereocenters. The van der Waals surface area contributed by atoms with E-state index >= 15 is 0 Å². The van der Waals surface area contributed by atoms with Crippen molar-refractivity contribution in [1.82, 2.24) is 0 Å². The normalized spacial score (nSPS) is 21.0. The highest BCUT2D eigenvalue weighted by atomic mass is 16.5. The molecule has 0 aromatic heterocycles. The molecule has 21 heavy (non-hydrogen) atoms. The summed E-state index contributed by atoms with van der Waals surface area (Å²) in [5.74, 6) is 0.867. The lowest BCUT2D eigenvalue weighted by Crippen LogP contribution is -2.36. The lowest BCUT2D eigenvalue weighted by atomic mass is 10.0. The molecule has 1 heterocycles. The number of benzene rings is 1. The Morgan fingerprint density at radius 3 is 2.29 bits per heavy atom. The number of nitrogens with zero attached hydrogens (tertiary/aromatic N) is 1. The zero-order valence-electron chi connectivity index (χ0n) is 13.0. The largest absolute Gasteiger partial charge is 0.385 e. The van der Waals surface area contributed by atoms with Crippen molar-refractivity contribution in [3.63, 3.8) is 0 Å². The van der Waals surface area contributed by atoms with Gasteiger partial charge in [0.05, 0.1) is 13.2 Å². The van der Waals surface area contributed by atoms with Crippen molar-refractivity contribution in [3.05, 3.63) is 24.3 Å². The first-order valence-corrected chi connectivity index (χ1v) is 8.58. The lowest BCUT2D eigenvalue weighted by molar-refractivity contribution is 0.122. The molecule has 3 heteroatoms. The highest BCUT2D eigenvalue weighted by Crippen LogP contribution is 2.24. The Labute approximate surface area is 128 Å². The molecule has 1 aliphatic heterocycles. The Balaban J connectivity index is 1.49. The van der Waals surface area contributed by atoms with Gasteiger partial charge in [-0.2, -0.15) is 0 Å². The van der Waals surface area contributed by atoms with Crippen molar-refractivity contribution in [2.75, 3.05) is 43.1 Å². The van der Waals surface area contributed by atoms with Gasteiger partial charge in [0.15, 0.2) is 0 Å². The second-order valence-corrected chi connectivity index (χ2v) is 6.38. The third kappa shape index (κ3) is 4.37. The van der Waals surface area contributed by atoms with E-state index in [4.69, 9.17) is 4.74 Å². The molecule has 116 valence electrons. The van der Waals surface area contributed by atoms with E-state index in [2.05, 4.69) is 34.5 Å². The van der Waals surface area contributed by atoms with Crippen LogP contribution >= 0.6 is 0 Å². The van der Waals surface area contributed by atoms with Crippen molar-refractivity contribution >= 4 is 11.4 Å². The van der Waals surface area contributed by atoms with E-state index in [1.54, 1.807) is 0 Å². The van der Waals surface area contributed by atoms with Crippen LogP contribution in [0.25, 0.3) is 0 Å². The van der Waals surface area contributed by atoms with Crippen LogP contribution in [0.1, 0.15) is 38.5 Å². The summed E-state index contributed by atoms with van der Waals surface area (Å²) in [5, 5.41) is 3.63. The number of rotatable bonds is 4. The second-order valence-electron chi connectivity index (χ2n) is 6.38. The molecule has 0 atom stereocenters. The topological polar surface area (TPSA) is 24.5 Å². The van der Waals surface area contributed by atoms with Crippen LogP contribution in [0, 0.1) is 5.92 Å². The SMILES string of the molecule is c1cc(N2CCOCC2)ccc1NCC1CCCCCC1. The molecule has 3 rings (SSSR count). The molecule has 0 spiro atoms. The van der Waals surface area contributed by atoms with Gasteiger partial charge in [-0.05, 0) is 43.0 Å². The fourth-order valence-corrected chi connectivity index (χ4v) is 3.44. The Kier molecular flexibility index (Phi) is 5.39. The van der Waals surface area contributed by atoms with Crippen LogP contribution < -0.4 is 10.2 Å². The van der Waals surface area contributed by atoms with Gasteiger partial charge in [-0.1, -0.05) is 25.7 Å². The van der Waals surface area contributed by atoms with Crippen molar-refractivity contribution in [2.45, 2.75) is 38.5 Å². The minimum Gasteiger partial charge on any atom is -0.385 e. The van der Waals surface area contributed by atoms with E-state index in [-0.39, 0.29) is 0 Å². The molecule has 1 N–H and O–H groups in total. The van der Waals surface area contributed by atoms with Crippen molar-refractivity contribution in [1.29, 1.82) is 0 Å². The number of hydrogen-bond donors (Lipinski definition) is 1. The summed E-state index contributed by atoms with van der Waals surface area (Å²) in [6.07, 6.45) is 8.51. The molecular weight excluding hydrogens is 260 g/mol. The quantitative estimate of drug-likeness (QED) is 0.850. The third-order valence-electron chi connectivity index (χ3n) is 4.81. The smallest absolute Gasteiger partial charge is 0.0642 e. The van der Waals surface area contributed by atoms with Crippen LogP contribution in [0.5, 0.6) is 0 Å². The van der Waals surface area contributed by atoms with Gasteiger partial charge >= 0.3 is 0 Å². The van der Waals surface area contributed by atoms with Crippen LogP contribution in [-0.2, 0) is 4.74 Å². The van der Waals surface area contributed by atoms with Crippen LogP contribution in [0.15, 0.2) is 24.3 Å². The summed E-state index contributed by atoms with van der Waals surface area (Å²) in [5.41, 5.74) is 2.58. The monoisotopic (exact) mass is 288 g/mol. The van der Waals surface area contributed by atoms with Crippen molar-refractivity contribution < 1.29 is 4.74 Å². The average molecular weight is 288 g/mol. The molecule has 1 aromatic rings. The molecule has 1 aliphatic carbocycles. The Hall–Kier alpha value is -1.22. The first-order chi connectivity index (χ1) is 10.4. The van der Waals surface area contributed by atoms with Gasteiger partial charge in [-0.15, -0.1) is 0 Å². The Morgan fingerprint density at radius 2 is 1.62 bits per heavy atom. The summed E-state index contributed by atoms with van der Waals surface area (Å²) in [6.45, 7) is 4.85. The first-order valence-electron chi connectivity index (χ1n) is 8.58. The number of morpholine rings is 1. The van der Waals surface area contributed by atoms with Gasteiger partial charge < -0.3 is 15.0 Å². The van der Waals surface area contributed by atoms with Gasteiger partial charge in [0, 0.05) is 31.0 Å². The maximum Gasteiger partial charge on any atom is 0.0642 e. The van der Waals surface area contributed by atoms with E-state index in [0.29, 0.717) is 0 Å². The standard InChI is InChI=1S/C18H28N2O/c1-2-4-6-16(5-3-1)15-19-17-7-9-18(10-8-17)20-11-13-21-14-12-20/h7-10,16,19H,1-6,11-15H2. The van der Waals surface area contributed by atoms with Gasteiger partial charge in [0.2, 0.25) is 0 Å². The van der Waals surface area contributed by atoms with E-state index < -0.39 is 0 Å². The summed E-state index contributed by atoms with van der Waals surface area (Å²) in [7, 11) is 0. The minimum atomic E-state index is 0.849. The minimum absolute atomic E-state index is 0.849. The first kappa shape index (κ1) is 14.7. The number of nitrogens with one attached hydrogen (secondary N) is 1. The lowest BCUT2D eigenvalue weighted by Gasteiger charge is -2.29. The second kappa shape index (κ2) is 7.69. The zero-order chi connectivity index (χ0) is 14.3. The molecule has 1 saturated heterocycles. The van der Waals surface area contributed by atoms with Crippen molar-refractivity contribution in [3.8, 4) is 0 Å². The zero-order valence-corrected chi connectivity index (χ0v) is 13.0. The van der Waals surface area contributed by atoms with Gasteiger partial charge in [0.25, 0.3) is 0 Å².